The average molecular weight is 323 g/mol. The number of ether oxygens (including phenoxy) is 2. The van der Waals surface area contributed by atoms with Crippen molar-refractivity contribution in [2.45, 2.75) is 25.9 Å². The first-order valence-corrected chi connectivity index (χ1v) is 7.12. The summed E-state index contributed by atoms with van der Waals surface area (Å²) in [5.74, 6) is 1.51. The largest absolute Gasteiger partial charge is 0.493 e. The third kappa shape index (κ3) is 4.61. The summed E-state index contributed by atoms with van der Waals surface area (Å²) in [5, 5.41) is 3.55. The molecule has 22 heavy (non-hydrogen) atoms. The molecule has 120 valence electrons. The Morgan fingerprint density at radius 1 is 1.14 bits per heavy atom. The molecule has 0 spiro atoms. The number of pyridine rings is 1. The van der Waals surface area contributed by atoms with Crippen molar-refractivity contribution in [1.82, 2.24) is 10.3 Å². The first-order chi connectivity index (χ1) is 10.3. The van der Waals surface area contributed by atoms with Crippen molar-refractivity contribution in [3.8, 4) is 11.5 Å². The van der Waals surface area contributed by atoms with E-state index in [0.29, 0.717) is 0 Å². The Kier molecular flexibility index (Phi) is 7.71. The van der Waals surface area contributed by atoms with Gasteiger partial charge in [-0.15, -0.1) is 12.4 Å². The zero-order valence-electron chi connectivity index (χ0n) is 13.2. The van der Waals surface area contributed by atoms with E-state index in [1.165, 1.54) is 11.1 Å². The molecule has 0 aliphatic carbocycles. The van der Waals surface area contributed by atoms with E-state index in [1.807, 2.05) is 24.4 Å². The minimum Gasteiger partial charge on any atom is -0.493 e. The number of aromatic nitrogens is 1. The molecule has 0 fully saturated rings. The summed E-state index contributed by atoms with van der Waals surface area (Å²) in [5.41, 5.74) is 2.37. The minimum atomic E-state index is 0. The Morgan fingerprint density at radius 2 is 1.91 bits per heavy atom. The van der Waals surface area contributed by atoms with E-state index in [9.17, 15) is 0 Å². The van der Waals surface area contributed by atoms with Gasteiger partial charge < -0.3 is 14.8 Å². The minimum absolute atomic E-state index is 0. The molecular formula is C17H23ClN2O2. The standard InChI is InChI=1S/C17H22N2O2.ClH/c1-4-15(19-12-13-6-5-9-18-11-13)14-7-8-16(20-2)17(10-14)21-3;/h5-11,15,19H,4,12H2,1-3H3;1H. The van der Waals surface area contributed by atoms with E-state index < -0.39 is 0 Å². The van der Waals surface area contributed by atoms with Gasteiger partial charge in [0.25, 0.3) is 0 Å². The Labute approximate surface area is 138 Å². The van der Waals surface area contributed by atoms with Crippen LogP contribution >= 0.6 is 12.4 Å². The summed E-state index contributed by atoms with van der Waals surface area (Å²) in [7, 11) is 3.31. The van der Waals surface area contributed by atoms with Crippen LogP contribution in [0.2, 0.25) is 0 Å². The lowest BCUT2D eigenvalue weighted by atomic mass is 10.0. The van der Waals surface area contributed by atoms with Crippen molar-refractivity contribution < 1.29 is 9.47 Å². The van der Waals surface area contributed by atoms with E-state index in [2.05, 4.69) is 29.4 Å². The van der Waals surface area contributed by atoms with Gasteiger partial charge in [0.2, 0.25) is 0 Å². The van der Waals surface area contributed by atoms with Gasteiger partial charge >= 0.3 is 0 Å². The molecule has 0 radical (unpaired) electrons. The van der Waals surface area contributed by atoms with Crippen LogP contribution in [0.25, 0.3) is 0 Å². The van der Waals surface area contributed by atoms with Gasteiger partial charge in [-0.05, 0) is 35.7 Å². The fraction of sp³-hybridized carbons (Fsp3) is 0.353. The van der Waals surface area contributed by atoms with Crippen LogP contribution in [-0.4, -0.2) is 19.2 Å². The molecule has 0 amide bonds. The van der Waals surface area contributed by atoms with Crippen LogP contribution in [0.3, 0.4) is 0 Å². The summed E-state index contributed by atoms with van der Waals surface area (Å²) >= 11 is 0. The van der Waals surface area contributed by atoms with Crippen LogP contribution in [0, 0.1) is 0 Å². The van der Waals surface area contributed by atoms with Crippen LogP contribution in [-0.2, 0) is 6.54 Å². The molecule has 1 unspecified atom stereocenters. The normalized spacial score (nSPS) is 11.4. The van der Waals surface area contributed by atoms with Gasteiger partial charge in [0.1, 0.15) is 0 Å². The SMILES string of the molecule is CCC(NCc1cccnc1)c1ccc(OC)c(OC)c1.Cl. The molecule has 0 saturated heterocycles. The molecule has 0 saturated carbocycles. The zero-order valence-corrected chi connectivity index (χ0v) is 14.0. The highest BCUT2D eigenvalue weighted by Gasteiger charge is 2.12. The Morgan fingerprint density at radius 3 is 2.50 bits per heavy atom. The maximum absolute atomic E-state index is 5.37. The second-order valence-corrected chi connectivity index (χ2v) is 4.82. The highest BCUT2D eigenvalue weighted by molar-refractivity contribution is 5.85. The molecule has 4 nitrogen and oxygen atoms in total. The van der Waals surface area contributed by atoms with Crippen LogP contribution in [0.4, 0.5) is 0 Å². The highest BCUT2D eigenvalue weighted by atomic mass is 35.5. The number of rotatable bonds is 7. The molecule has 2 aromatic rings. The predicted octanol–water partition coefficient (Wildman–Crippen LogP) is 3.76. The van der Waals surface area contributed by atoms with Gasteiger partial charge in [0, 0.05) is 25.0 Å². The van der Waals surface area contributed by atoms with Crippen molar-refractivity contribution in [2.24, 2.45) is 0 Å². The second kappa shape index (κ2) is 9.28. The Bertz CT molecular complexity index is 564. The van der Waals surface area contributed by atoms with Gasteiger partial charge in [-0.2, -0.15) is 0 Å². The van der Waals surface area contributed by atoms with Crippen molar-refractivity contribution in [3.63, 3.8) is 0 Å². The van der Waals surface area contributed by atoms with Crippen LogP contribution in [0.5, 0.6) is 11.5 Å². The van der Waals surface area contributed by atoms with Gasteiger partial charge in [-0.3, -0.25) is 4.98 Å². The molecule has 0 bridgehead atoms. The fourth-order valence-electron chi connectivity index (χ4n) is 2.31. The van der Waals surface area contributed by atoms with Crippen LogP contribution in [0.1, 0.15) is 30.5 Å². The quantitative estimate of drug-likeness (QED) is 0.843. The lowest BCUT2D eigenvalue weighted by Gasteiger charge is -2.19. The van der Waals surface area contributed by atoms with Gasteiger partial charge in [-0.25, -0.2) is 0 Å². The zero-order chi connectivity index (χ0) is 15.1. The predicted molar refractivity (Wildman–Crippen MR) is 90.9 cm³/mol. The van der Waals surface area contributed by atoms with Crippen molar-refractivity contribution in [2.75, 3.05) is 14.2 Å². The molecule has 1 N–H and O–H groups in total. The van der Waals surface area contributed by atoms with Crippen molar-refractivity contribution in [1.29, 1.82) is 0 Å². The van der Waals surface area contributed by atoms with Crippen molar-refractivity contribution >= 4 is 12.4 Å². The fourth-order valence-corrected chi connectivity index (χ4v) is 2.31. The first kappa shape index (κ1) is 18.3. The molecule has 1 atom stereocenters. The third-order valence-corrected chi connectivity index (χ3v) is 3.49. The summed E-state index contributed by atoms with van der Waals surface area (Å²) in [6.07, 6.45) is 4.67. The number of nitrogens with one attached hydrogen (secondary N) is 1. The molecular weight excluding hydrogens is 300 g/mol. The van der Waals surface area contributed by atoms with Crippen LogP contribution < -0.4 is 14.8 Å². The number of methoxy groups -OCH3 is 2. The summed E-state index contributed by atoms with van der Waals surface area (Å²) in [6.45, 7) is 2.96. The number of hydrogen-bond acceptors (Lipinski definition) is 4. The van der Waals surface area contributed by atoms with E-state index in [-0.39, 0.29) is 18.4 Å². The number of nitrogens with zero attached hydrogens (tertiary/aromatic N) is 1. The molecule has 5 heteroatoms. The number of hydrogen-bond donors (Lipinski definition) is 1. The second-order valence-electron chi connectivity index (χ2n) is 4.82. The van der Waals surface area contributed by atoms with Gasteiger partial charge in [0.15, 0.2) is 11.5 Å². The van der Waals surface area contributed by atoms with Gasteiger partial charge in [-0.1, -0.05) is 19.1 Å². The maximum Gasteiger partial charge on any atom is 0.161 e. The van der Waals surface area contributed by atoms with E-state index in [4.69, 9.17) is 9.47 Å². The highest BCUT2D eigenvalue weighted by Crippen LogP contribution is 2.30. The molecule has 1 aromatic carbocycles. The molecule has 0 aliphatic rings. The van der Waals surface area contributed by atoms with Gasteiger partial charge in [0.05, 0.1) is 14.2 Å². The monoisotopic (exact) mass is 322 g/mol. The third-order valence-electron chi connectivity index (χ3n) is 3.49. The number of benzene rings is 1. The van der Waals surface area contributed by atoms with Crippen molar-refractivity contribution in [3.05, 3.63) is 53.9 Å². The van der Waals surface area contributed by atoms with E-state index >= 15 is 0 Å². The topological polar surface area (TPSA) is 43.4 Å². The Balaban J connectivity index is 0.00000242. The van der Waals surface area contributed by atoms with E-state index in [0.717, 1.165) is 24.5 Å². The average Bonchev–Trinajstić information content (AvgIpc) is 2.56. The lowest BCUT2D eigenvalue weighted by molar-refractivity contribution is 0.353. The van der Waals surface area contributed by atoms with Crippen LogP contribution in [0.15, 0.2) is 42.7 Å². The summed E-state index contributed by atoms with van der Waals surface area (Å²) < 4.78 is 10.7. The lowest BCUT2D eigenvalue weighted by Crippen LogP contribution is -2.20. The maximum atomic E-state index is 5.37. The first-order valence-electron chi connectivity index (χ1n) is 7.12. The summed E-state index contributed by atoms with van der Waals surface area (Å²) in [4.78, 5) is 4.13. The molecule has 2 rings (SSSR count). The molecule has 1 heterocycles. The molecule has 0 aliphatic heterocycles. The Hall–Kier alpha value is -1.78. The molecule has 1 aromatic heterocycles. The summed E-state index contributed by atoms with van der Waals surface area (Å²) in [6, 6.07) is 10.3. The smallest absolute Gasteiger partial charge is 0.161 e. The van der Waals surface area contributed by atoms with E-state index in [1.54, 1.807) is 20.4 Å². The number of halogens is 1.